The van der Waals surface area contributed by atoms with E-state index in [2.05, 4.69) is 27.0 Å². The van der Waals surface area contributed by atoms with Gasteiger partial charge in [-0.25, -0.2) is 4.39 Å². The maximum Gasteiger partial charge on any atom is 0.240 e. The van der Waals surface area contributed by atoms with E-state index < -0.39 is 0 Å². The molecule has 0 atom stereocenters. The van der Waals surface area contributed by atoms with Gasteiger partial charge >= 0.3 is 0 Å². The summed E-state index contributed by atoms with van der Waals surface area (Å²) in [6.07, 6.45) is 4.34. The first-order valence-electron chi connectivity index (χ1n) is 8.66. The second-order valence-electron chi connectivity index (χ2n) is 6.51. The Morgan fingerprint density at radius 2 is 2.00 bits per heavy atom. The van der Waals surface area contributed by atoms with Gasteiger partial charge in [0.1, 0.15) is 5.82 Å². The number of piperidine rings is 1. The molecule has 0 bridgehead atoms. The minimum absolute atomic E-state index is 0.234. The Kier molecular flexibility index (Phi) is 5.93. The summed E-state index contributed by atoms with van der Waals surface area (Å²) >= 11 is 0. The molecular formula is C18H25FN4O. The minimum atomic E-state index is -0.234. The van der Waals surface area contributed by atoms with Gasteiger partial charge in [0.05, 0.1) is 6.54 Å². The molecule has 0 aliphatic carbocycles. The summed E-state index contributed by atoms with van der Waals surface area (Å²) in [5.74, 6) is 0.879. The number of hydrogen-bond donors (Lipinski definition) is 0. The maximum absolute atomic E-state index is 13.7. The van der Waals surface area contributed by atoms with Crippen molar-refractivity contribution >= 4 is 0 Å². The van der Waals surface area contributed by atoms with Crippen LogP contribution in [0.1, 0.15) is 36.5 Å². The van der Waals surface area contributed by atoms with Gasteiger partial charge < -0.3 is 9.42 Å². The molecule has 0 spiro atoms. The molecule has 0 unspecified atom stereocenters. The third kappa shape index (κ3) is 4.85. The van der Waals surface area contributed by atoms with Crippen molar-refractivity contribution in [2.24, 2.45) is 0 Å². The molecule has 1 aromatic heterocycles. The molecular weight excluding hydrogens is 307 g/mol. The molecule has 0 amide bonds. The van der Waals surface area contributed by atoms with Crippen LogP contribution in [0.2, 0.25) is 0 Å². The summed E-state index contributed by atoms with van der Waals surface area (Å²) in [4.78, 5) is 9.08. The zero-order chi connectivity index (χ0) is 16.8. The first-order chi connectivity index (χ1) is 11.7. The van der Waals surface area contributed by atoms with Gasteiger partial charge in [-0.1, -0.05) is 29.8 Å². The van der Waals surface area contributed by atoms with Gasteiger partial charge in [0.2, 0.25) is 5.89 Å². The molecule has 1 saturated heterocycles. The molecule has 2 heterocycles. The SMILES string of the molecule is CN(CCN1CCCCC1)Cc1nc(Cc2ccccc2F)no1. The Hall–Kier alpha value is -1.79. The highest BCUT2D eigenvalue weighted by Crippen LogP contribution is 2.12. The van der Waals surface area contributed by atoms with Crippen molar-refractivity contribution in [2.45, 2.75) is 32.2 Å². The predicted molar refractivity (Wildman–Crippen MR) is 90.1 cm³/mol. The van der Waals surface area contributed by atoms with E-state index in [1.165, 1.54) is 38.4 Å². The van der Waals surface area contributed by atoms with Crippen LogP contribution in [0.4, 0.5) is 4.39 Å². The lowest BCUT2D eigenvalue weighted by atomic mass is 10.1. The number of likely N-dealkylation sites (N-methyl/N-ethyl adjacent to an activating group) is 1. The molecule has 1 aromatic carbocycles. The molecule has 2 aromatic rings. The van der Waals surface area contributed by atoms with Gasteiger partial charge in [-0.3, -0.25) is 4.90 Å². The van der Waals surface area contributed by atoms with Crippen LogP contribution in [-0.4, -0.2) is 53.2 Å². The van der Waals surface area contributed by atoms with Gasteiger partial charge in [-0.15, -0.1) is 0 Å². The van der Waals surface area contributed by atoms with Crippen molar-refractivity contribution in [1.82, 2.24) is 19.9 Å². The lowest BCUT2D eigenvalue weighted by Crippen LogP contribution is -2.36. The lowest BCUT2D eigenvalue weighted by Gasteiger charge is -2.28. The number of aromatic nitrogens is 2. The van der Waals surface area contributed by atoms with Crippen molar-refractivity contribution in [3.8, 4) is 0 Å². The molecule has 3 rings (SSSR count). The Labute approximate surface area is 142 Å². The summed E-state index contributed by atoms with van der Waals surface area (Å²) in [6.45, 7) is 5.10. The monoisotopic (exact) mass is 332 g/mol. The molecule has 130 valence electrons. The molecule has 5 nitrogen and oxygen atoms in total. The Bertz CT molecular complexity index is 639. The minimum Gasteiger partial charge on any atom is -0.338 e. The molecule has 1 aliphatic heterocycles. The summed E-state index contributed by atoms with van der Waals surface area (Å²) in [5, 5.41) is 3.97. The number of hydrogen-bond acceptors (Lipinski definition) is 5. The lowest BCUT2D eigenvalue weighted by molar-refractivity contribution is 0.185. The highest BCUT2D eigenvalue weighted by molar-refractivity contribution is 5.20. The van der Waals surface area contributed by atoms with Gasteiger partial charge in [0.15, 0.2) is 5.82 Å². The number of nitrogens with zero attached hydrogens (tertiary/aromatic N) is 4. The Balaban J connectivity index is 1.47. The fourth-order valence-electron chi connectivity index (χ4n) is 3.04. The topological polar surface area (TPSA) is 45.4 Å². The van der Waals surface area contributed by atoms with Gasteiger partial charge in [0, 0.05) is 19.5 Å². The first-order valence-corrected chi connectivity index (χ1v) is 8.66. The van der Waals surface area contributed by atoms with Crippen LogP contribution in [0, 0.1) is 5.82 Å². The highest BCUT2D eigenvalue weighted by atomic mass is 19.1. The molecule has 1 aliphatic rings. The Morgan fingerprint density at radius 1 is 1.21 bits per heavy atom. The number of likely N-dealkylation sites (tertiary alicyclic amines) is 1. The van der Waals surface area contributed by atoms with Gasteiger partial charge in [0.25, 0.3) is 0 Å². The van der Waals surface area contributed by atoms with Crippen molar-refractivity contribution < 1.29 is 8.91 Å². The fraction of sp³-hybridized carbons (Fsp3) is 0.556. The molecule has 0 saturated carbocycles. The standard InChI is InChI=1S/C18H25FN4O/c1-22(11-12-23-9-5-2-6-10-23)14-18-20-17(21-24-18)13-15-7-3-4-8-16(15)19/h3-4,7-8H,2,5-6,9-14H2,1H3. The van der Waals surface area contributed by atoms with Crippen LogP contribution < -0.4 is 0 Å². The molecule has 24 heavy (non-hydrogen) atoms. The van der Waals surface area contributed by atoms with Crippen molar-refractivity contribution in [3.63, 3.8) is 0 Å². The van der Waals surface area contributed by atoms with E-state index in [-0.39, 0.29) is 5.82 Å². The first kappa shape index (κ1) is 17.0. The van der Waals surface area contributed by atoms with Crippen molar-refractivity contribution in [3.05, 3.63) is 47.4 Å². The summed E-state index contributed by atoms with van der Waals surface area (Å²) in [5.41, 5.74) is 0.586. The van der Waals surface area contributed by atoms with Crippen molar-refractivity contribution in [2.75, 3.05) is 33.2 Å². The Morgan fingerprint density at radius 3 is 2.79 bits per heavy atom. The summed E-state index contributed by atoms with van der Waals surface area (Å²) in [7, 11) is 2.06. The zero-order valence-corrected chi connectivity index (χ0v) is 14.2. The summed E-state index contributed by atoms with van der Waals surface area (Å²) < 4.78 is 19.0. The predicted octanol–water partition coefficient (Wildman–Crippen LogP) is 2.72. The number of benzene rings is 1. The van der Waals surface area contributed by atoms with Gasteiger partial charge in [-0.05, 0) is 44.6 Å². The van der Waals surface area contributed by atoms with E-state index in [4.69, 9.17) is 4.52 Å². The van der Waals surface area contributed by atoms with Crippen LogP contribution in [0.5, 0.6) is 0 Å². The average molecular weight is 332 g/mol. The second kappa shape index (κ2) is 8.35. The van der Waals surface area contributed by atoms with E-state index in [1.54, 1.807) is 12.1 Å². The van der Waals surface area contributed by atoms with Crippen LogP contribution in [0.3, 0.4) is 0 Å². The summed E-state index contributed by atoms with van der Waals surface area (Å²) in [6, 6.07) is 6.69. The van der Waals surface area contributed by atoms with Crippen LogP contribution >= 0.6 is 0 Å². The largest absolute Gasteiger partial charge is 0.338 e. The second-order valence-corrected chi connectivity index (χ2v) is 6.51. The van der Waals surface area contributed by atoms with Gasteiger partial charge in [-0.2, -0.15) is 4.98 Å². The zero-order valence-electron chi connectivity index (χ0n) is 14.2. The third-order valence-electron chi connectivity index (χ3n) is 4.47. The average Bonchev–Trinajstić information content (AvgIpc) is 3.03. The van der Waals surface area contributed by atoms with Crippen LogP contribution in [0.25, 0.3) is 0 Å². The normalized spacial score (nSPS) is 16.0. The van der Waals surface area contributed by atoms with E-state index >= 15 is 0 Å². The van der Waals surface area contributed by atoms with Crippen LogP contribution in [0.15, 0.2) is 28.8 Å². The number of halogens is 1. The van der Waals surface area contributed by atoms with E-state index in [0.29, 0.717) is 30.2 Å². The van der Waals surface area contributed by atoms with Crippen molar-refractivity contribution in [1.29, 1.82) is 0 Å². The molecule has 6 heteroatoms. The highest BCUT2D eigenvalue weighted by Gasteiger charge is 2.13. The fourth-order valence-corrected chi connectivity index (χ4v) is 3.04. The molecule has 0 N–H and O–H groups in total. The number of rotatable bonds is 7. The maximum atomic E-state index is 13.7. The quantitative estimate of drug-likeness (QED) is 0.780. The smallest absolute Gasteiger partial charge is 0.240 e. The molecule has 0 radical (unpaired) electrons. The van der Waals surface area contributed by atoms with E-state index in [0.717, 1.165) is 13.1 Å². The third-order valence-corrected chi connectivity index (χ3v) is 4.47. The van der Waals surface area contributed by atoms with E-state index in [9.17, 15) is 4.39 Å². The van der Waals surface area contributed by atoms with Crippen LogP contribution in [-0.2, 0) is 13.0 Å². The molecule has 1 fully saturated rings. The van der Waals surface area contributed by atoms with E-state index in [1.807, 2.05) is 6.07 Å².